The summed E-state index contributed by atoms with van der Waals surface area (Å²) in [7, 11) is 0. The lowest BCUT2D eigenvalue weighted by atomic mass is 10.1. The molecule has 0 aromatic heterocycles. The van der Waals surface area contributed by atoms with E-state index in [0.29, 0.717) is 14.7 Å². The summed E-state index contributed by atoms with van der Waals surface area (Å²) in [5, 5.41) is 0. The summed E-state index contributed by atoms with van der Waals surface area (Å²) >= 11 is 6.47. The molecular weight excluding hydrogens is 408 g/mol. The maximum absolute atomic E-state index is 13.7. The SMILES string of the molecule is CC(N)Cc1ccc(Oc2cc(Br)cc(F)c2F)c(Br)c1. The van der Waals surface area contributed by atoms with Crippen LogP contribution in [0.2, 0.25) is 0 Å². The second kappa shape index (κ2) is 6.85. The van der Waals surface area contributed by atoms with Gasteiger partial charge in [-0.25, -0.2) is 4.39 Å². The van der Waals surface area contributed by atoms with Gasteiger partial charge in [0.15, 0.2) is 11.6 Å². The number of nitrogens with two attached hydrogens (primary N) is 1. The second-order valence-electron chi connectivity index (χ2n) is 4.75. The van der Waals surface area contributed by atoms with Crippen LogP contribution in [0.25, 0.3) is 0 Å². The van der Waals surface area contributed by atoms with Crippen molar-refractivity contribution in [3.63, 3.8) is 0 Å². The molecule has 2 nitrogen and oxygen atoms in total. The van der Waals surface area contributed by atoms with Crippen LogP contribution in [-0.2, 0) is 6.42 Å². The average molecular weight is 421 g/mol. The van der Waals surface area contributed by atoms with Crippen LogP contribution in [0.15, 0.2) is 39.3 Å². The van der Waals surface area contributed by atoms with Crippen LogP contribution >= 0.6 is 31.9 Å². The molecule has 1 unspecified atom stereocenters. The normalized spacial score (nSPS) is 12.3. The first-order valence-electron chi connectivity index (χ1n) is 6.23. The van der Waals surface area contributed by atoms with Crippen LogP contribution in [0.4, 0.5) is 8.78 Å². The molecule has 0 aliphatic carbocycles. The van der Waals surface area contributed by atoms with Gasteiger partial charge in [0.2, 0.25) is 5.82 Å². The Hall–Kier alpha value is -0.980. The van der Waals surface area contributed by atoms with Gasteiger partial charge in [0.1, 0.15) is 5.75 Å². The van der Waals surface area contributed by atoms with Gasteiger partial charge in [-0.1, -0.05) is 22.0 Å². The Morgan fingerprint density at radius 3 is 2.48 bits per heavy atom. The number of rotatable bonds is 4. The standard InChI is InChI=1S/C15H13Br2F2NO/c1-8(20)4-9-2-3-13(11(17)5-9)21-14-7-10(16)6-12(18)15(14)19/h2-3,5-8H,4,20H2,1H3. The lowest BCUT2D eigenvalue weighted by Crippen LogP contribution is -2.17. The van der Waals surface area contributed by atoms with Crippen molar-refractivity contribution in [3.05, 3.63) is 56.5 Å². The van der Waals surface area contributed by atoms with E-state index in [-0.39, 0.29) is 11.8 Å². The molecule has 0 bridgehead atoms. The van der Waals surface area contributed by atoms with E-state index in [1.807, 2.05) is 19.1 Å². The van der Waals surface area contributed by atoms with Crippen LogP contribution in [0, 0.1) is 11.6 Å². The van der Waals surface area contributed by atoms with Crippen LogP contribution < -0.4 is 10.5 Å². The summed E-state index contributed by atoms with van der Waals surface area (Å²) in [6, 6.07) is 7.85. The molecular formula is C15H13Br2F2NO. The number of halogens is 4. The zero-order chi connectivity index (χ0) is 15.6. The molecule has 0 amide bonds. The zero-order valence-electron chi connectivity index (χ0n) is 11.2. The Morgan fingerprint density at radius 2 is 1.86 bits per heavy atom. The van der Waals surface area contributed by atoms with Crippen LogP contribution in [0.5, 0.6) is 11.5 Å². The van der Waals surface area contributed by atoms with E-state index in [4.69, 9.17) is 10.5 Å². The molecule has 0 spiro atoms. The van der Waals surface area contributed by atoms with Gasteiger partial charge < -0.3 is 10.5 Å². The molecule has 2 rings (SSSR count). The van der Waals surface area contributed by atoms with Crippen LogP contribution in [0.1, 0.15) is 12.5 Å². The van der Waals surface area contributed by atoms with E-state index in [1.165, 1.54) is 6.07 Å². The van der Waals surface area contributed by atoms with E-state index in [1.54, 1.807) is 6.07 Å². The first-order chi connectivity index (χ1) is 9.86. The van der Waals surface area contributed by atoms with E-state index >= 15 is 0 Å². The van der Waals surface area contributed by atoms with Crippen molar-refractivity contribution in [2.75, 3.05) is 0 Å². The third kappa shape index (κ3) is 4.25. The van der Waals surface area contributed by atoms with E-state index in [0.717, 1.165) is 18.1 Å². The minimum Gasteiger partial charge on any atom is -0.453 e. The highest BCUT2D eigenvalue weighted by Crippen LogP contribution is 2.34. The van der Waals surface area contributed by atoms with Crippen molar-refractivity contribution in [3.8, 4) is 11.5 Å². The molecule has 2 aromatic carbocycles. The molecule has 0 radical (unpaired) electrons. The molecule has 0 fully saturated rings. The highest BCUT2D eigenvalue weighted by molar-refractivity contribution is 9.10. The van der Waals surface area contributed by atoms with Gasteiger partial charge in [-0.2, -0.15) is 4.39 Å². The molecule has 1 atom stereocenters. The summed E-state index contributed by atoms with van der Waals surface area (Å²) in [6.07, 6.45) is 0.721. The zero-order valence-corrected chi connectivity index (χ0v) is 14.3. The van der Waals surface area contributed by atoms with Gasteiger partial charge in [-0.3, -0.25) is 0 Å². The van der Waals surface area contributed by atoms with Crippen molar-refractivity contribution < 1.29 is 13.5 Å². The number of benzene rings is 2. The van der Waals surface area contributed by atoms with Gasteiger partial charge in [0, 0.05) is 10.5 Å². The fourth-order valence-electron chi connectivity index (χ4n) is 1.85. The Bertz CT molecular complexity index is 662. The smallest absolute Gasteiger partial charge is 0.201 e. The summed E-state index contributed by atoms with van der Waals surface area (Å²) in [5.74, 6) is -1.77. The largest absolute Gasteiger partial charge is 0.453 e. The van der Waals surface area contributed by atoms with E-state index in [9.17, 15) is 8.78 Å². The first kappa shape index (κ1) is 16.4. The summed E-state index contributed by atoms with van der Waals surface area (Å²) in [6.45, 7) is 1.91. The van der Waals surface area contributed by atoms with Crippen molar-refractivity contribution >= 4 is 31.9 Å². The molecule has 6 heteroatoms. The summed E-state index contributed by atoms with van der Waals surface area (Å²) in [5.41, 5.74) is 6.78. The molecule has 0 aliphatic rings. The topological polar surface area (TPSA) is 35.2 Å². The molecule has 2 N–H and O–H groups in total. The van der Waals surface area contributed by atoms with Crippen LogP contribution in [-0.4, -0.2) is 6.04 Å². The van der Waals surface area contributed by atoms with Crippen LogP contribution in [0.3, 0.4) is 0 Å². The number of ether oxygens (including phenoxy) is 1. The quantitative estimate of drug-likeness (QED) is 0.692. The van der Waals surface area contributed by atoms with E-state index in [2.05, 4.69) is 31.9 Å². The van der Waals surface area contributed by atoms with Gasteiger partial charge in [0.05, 0.1) is 4.47 Å². The molecule has 112 valence electrons. The molecule has 0 aliphatic heterocycles. The fourth-order valence-corrected chi connectivity index (χ4v) is 2.77. The van der Waals surface area contributed by atoms with E-state index < -0.39 is 11.6 Å². The van der Waals surface area contributed by atoms with Crippen molar-refractivity contribution in [2.45, 2.75) is 19.4 Å². The summed E-state index contributed by atoms with van der Waals surface area (Å²) in [4.78, 5) is 0. The summed E-state index contributed by atoms with van der Waals surface area (Å²) < 4.78 is 33.5. The monoisotopic (exact) mass is 419 g/mol. The molecule has 2 aromatic rings. The number of hydrogen-bond donors (Lipinski definition) is 1. The minimum absolute atomic E-state index is 0.0419. The Labute approximate surface area is 138 Å². The van der Waals surface area contributed by atoms with Gasteiger partial charge in [-0.15, -0.1) is 0 Å². The lowest BCUT2D eigenvalue weighted by Gasteiger charge is -2.12. The Kier molecular flexibility index (Phi) is 5.35. The molecule has 0 saturated carbocycles. The maximum Gasteiger partial charge on any atom is 0.201 e. The second-order valence-corrected chi connectivity index (χ2v) is 6.52. The highest BCUT2D eigenvalue weighted by Gasteiger charge is 2.14. The maximum atomic E-state index is 13.7. The average Bonchev–Trinajstić information content (AvgIpc) is 2.37. The first-order valence-corrected chi connectivity index (χ1v) is 7.82. The van der Waals surface area contributed by atoms with Crippen molar-refractivity contribution in [1.82, 2.24) is 0 Å². The molecule has 0 saturated heterocycles. The predicted octanol–water partition coefficient (Wildman–Crippen LogP) is 5.17. The third-order valence-corrected chi connectivity index (χ3v) is 3.81. The molecule has 21 heavy (non-hydrogen) atoms. The number of hydrogen-bond acceptors (Lipinski definition) is 2. The van der Waals surface area contributed by atoms with Crippen molar-refractivity contribution in [2.24, 2.45) is 5.73 Å². The predicted molar refractivity (Wildman–Crippen MR) is 85.6 cm³/mol. The van der Waals surface area contributed by atoms with Gasteiger partial charge >= 0.3 is 0 Å². The molecule has 0 heterocycles. The lowest BCUT2D eigenvalue weighted by molar-refractivity contribution is 0.413. The Morgan fingerprint density at radius 1 is 1.14 bits per heavy atom. The van der Waals surface area contributed by atoms with Gasteiger partial charge in [-0.05, 0) is 59.1 Å². The van der Waals surface area contributed by atoms with Crippen molar-refractivity contribution in [1.29, 1.82) is 0 Å². The van der Waals surface area contributed by atoms with Gasteiger partial charge in [0.25, 0.3) is 0 Å². The fraction of sp³-hybridized carbons (Fsp3) is 0.200. The highest BCUT2D eigenvalue weighted by atomic mass is 79.9. The third-order valence-electron chi connectivity index (χ3n) is 2.73. The minimum atomic E-state index is -1.02. The Balaban J connectivity index is 2.28.